The molecule has 1 atom stereocenters. The SMILES string of the molecule is CCCNC(c1sccc1Br)C(C)(C)N1CCOCC1. The number of nitrogens with one attached hydrogen (secondary N) is 1. The van der Waals surface area contributed by atoms with Crippen molar-refractivity contribution in [2.45, 2.75) is 38.8 Å². The highest BCUT2D eigenvalue weighted by Gasteiger charge is 2.38. The summed E-state index contributed by atoms with van der Waals surface area (Å²) in [4.78, 5) is 3.95. The summed E-state index contributed by atoms with van der Waals surface area (Å²) in [7, 11) is 0. The van der Waals surface area contributed by atoms with Gasteiger partial charge in [-0.15, -0.1) is 11.3 Å². The van der Waals surface area contributed by atoms with Gasteiger partial charge in [0.15, 0.2) is 0 Å². The van der Waals surface area contributed by atoms with E-state index in [1.54, 1.807) is 0 Å². The third kappa shape index (κ3) is 3.63. The Bertz CT molecular complexity index is 416. The maximum Gasteiger partial charge on any atom is 0.0607 e. The summed E-state index contributed by atoms with van der Waals surface area (Å²) in [5, 5.41) is 5.91. The second-order valence-electron chi connectivity index (χ2n) is 5.77. The number of nitrogens with zero attached hydrogens (tertiary/aromatic N) is 1. The van der Waals surface area contributed by atoms with Crippen LogP contribution in [0.5, 0.6) is 0 Å². The van der Waals surface area contributed by atoms with Gasteiger partial charge in [0.25, 0.3) is 0 Å². The third-order valence-corrected chi connectivity index (χ3v) is 5.97. The summed E-state index contributed by atoms with van der Waals surface area (Å²) in [6, 6.07) is 2.49. The lowest BCUT2D eigenvalue weighted by atomic mass is 9.90. The van der Waals surface area contributed by atoms with E-state index in [9.17, 15) is 0 Å². The molecule has 0 spiro atoms. The molecule has 0 radical (unpaired) electrons. The van der Waals surface area contributed by atoms with Crippen molar-refractivity contribution in [1.29, 1.82) is 0 Å². The average Bonchev–Trinajstić information content (AvgIpc) is 2.86. The van der Waals surface area contributed by atoms with E-state index in [2.05, 4.69) is 58.4 Å². The quantitative estimate of drug-likeness (QED) is 0.837. The first-order valence-corrected chi connectivity index (χ1v) is 9.03. The molecule has 0 saturated carbocycles. The average molecular weight is 361 g/mol. The Kier molecular flexibility index (Phi) is 6.05. The minimum Gasteiger partial charge on any atom is -0.379 e. The lowest BCUT2D eigenvalue weighted by molar-refractivity contribution is -0.0234. The summed E-state index contributed by atoms with van der Waals surface area (Å²) in [5.41, 5.74) is 0.0757. The zero-order chi connectivity index (χ0) is 14.6. The molecule has 0 aromatic carbocycles. The van der Waals surface area contributed by atoms with Crippen LogP contribution in [0.15, 0.2) is 15.9 Å². The van der Waals surface area contributed by atoms with Crippen LogP contribution in [0.3, 0.4) is 0 Å². The third-order valence-electron chi connectivity index (χ3n) is 4.04. The Morgan fingerprint density at radius 2 is 2.15 bits per heavy atom. The van der Waals surface area contributed by atoms with Gasteiger partial charge < -0.3 is 10.1 Å². The molecule has 0 aliphatic carbocycles. The van der Waals surface area contributed by atoms with Gasteiger partial charge in [-0.3, -0.25) is 4.90 Å². The molecule has 1 saturated heterocycles. The van der Waals surface area contributed by atoms with Gasteiger partial charge in [-0.1, -0.05) is 6.92 Å². The standard InChI is InChI=1S/C15H25BrN2OS/c1-4-6-17-14(13-12(16)5-11-20-13)15(2,3)18-7-9-19-10-8-18/h5,11,14,17H,4,6-10H2,1-3H3. The van der Waals surface area contributed by atoms with Crippen LogP contribution in [0.25, 0.3) is 0 Å². The van der Waals surface area contributed by atoms with Crippen molar-refractivity contribution < 1.29 is 4.74 Å². The Morgan fingerprint density at radius 1 is 1.45 bits per heavy atom. The highest BCUT2D eigenvalue weighted by atomic mass is 79.9. The monoisotopic (exact) mass is 360 g/mol. The van der Waals surface area contributed by atoms with Gasteiger partial charge in [0.1, 0.15) is 0 Å². The van der Waals surface area contributed by atoms with Crippen LogP contribution < -0.4 is 5.32 Å². The molecule has 2 heterocycles. The van der Waals surface area contributed by atoms with Crippen molar-refractivity contribution in [3.63, 3.8) is 0 Å². The van der Waals surface area contributed by atoms with Crippen LogP contribution in [0, 0.1) is 0 Å². The van der Waals surface area contributed by atoms with Crippen molar-refractivity contribution in [2.75, 3.05) is 32.8 Å². The number of hydrogen-bond acceptors (Lipinski definition) is 4. The number of hydrogen-bond donors (Lipinski definition) is 1. The van der Waals surface area contributed by atoms with Crippen LogP contribution in [0.2, 0.25) is 0 Å². The van der Waals surface area contributed by atoms with Crippen LogP contribution in [0.4, 0.5) is 0 Å². The molecule has 1 unspecified atom stereocenters. The minimum absolute atomic E-state index is 0.0757. The van der Waals surface area contributed by atoms with Crippen LogP contribution >= 0.6 is 27.3 Å². The van der Waals surface area contributed by atoms with Crippen LogP contribution in [0.1, 0.15) is 38.1 Å². The molecular formula is C15H25BrN2OS. The second kappa shape index (κ2) is 7.36. The number of rotatable bonds is 6. The fourth-order valence-electron chi connectivity index (χ4n) is 2.79. The van der Waals surface area contributed by atoms with E-state index in [1.165, 1.54) is 9.35 Å². The number of ether oxygens (including phenoxy) is 1. The maximum atomic E-state index is 5.50. The normalized spacial score (nSPS) is 19.2. The number of halogens is 1. The molecule has 1 aromatic heterocycles. The molecule has 1 aliphatic rings. The molecule has 0 bridgehead atoms. The summed E-state index contributed by atoms with van der Waals surface area (Å²) >= 11 is 5.53. The first-order valence-electron chi connectivity index (χ1n) is 7.36. The van der Waals surface area contributed by atoms with Gasteiger partial charge >= 0.3 is 0 Å². The van der Waals surface area contributed by atoms with Gasteiger partial charge in [0.05, 0.1) is 19.3 Å². The van der Waals surface area contributed by atoms with Gasteiger partial charge in [-0.25, -0.2) is 0 Å². The predicted octanol–water partition coefficient (Wildman–Crippen LogP) is 3.66. The Balaban J connectivity index is 2.22. The molecule has 1 N–H and O–H groups in total. The van der Waals surface area contributed by atoms with E-state index >= 15 is 0 Å². The minimum atomic E-state index is 0.0757. The van der Waals surface area contributed by atoms with E-state index in [0.717, 1.165) is 39.3 Å². The van der Waals surface area contributed by atoms with Gasteiger partial charge in [-0.05, 0) is 54.2 Å². The molecule has 5 heteroatoms. The molecule has 2 rings (SSSR count). The zero-order valence-electron chi connectivity index (χ0n) is 12.6. The summed E-state index contributed by atoms with van der Waals surface area (Å²) in [6.45, 7) is 11.7. The topological polar surface area (TPSA) is 24.5 Å². The highest BCUT2D eigenvalue weighted by Crippen LogP contribution is 2.38. The molecule has 114 valence electrons. The molecule has 0 amide bonds. The number of morpholine rings is 1. The smallest absolute Gasteiger partial charge is 0.0607 e. The molecule has 3 nitrogen and oxygen atoms in total. The van der Waals surface area contributed by atoms with E-state index in [-0.39, 0.29) is 5.54 Å². The Hall–Kier alpha value is 0.0600. The molecule has 1 aliphatic heterocycles. The summed E-state index contributed by atoms with van der Waals surface area (Å²) in [5.74, 6) is 0. The van der Waals surface area contributed by atoms with Crippen molar-refractivity contribution in [3.05, 3.63) is 20.8 Å². The zero-order valence-corrected chi connectivity index (χ0v) is 15.0. The van der Waals surface area contributed by atoms with Crippen LogP contribution in [-0.4, -0.2) is 43.3 Å². The summed E-state index contributed by atoms with van der Waals surface area (Å²) in [6.07, 6.45) is 1.15. The van der Waals surface area contributed by atoms with E-state index < -0.39 is 0 Å². The van der Waals surface area contributed by atoms with Crippen molar-refractivity contribution in [2.24, 2.45) is 0 Å². The van der Waals surface area contributed by atoms with Crippen molar-refractivity contribution in [3.8, 4) is 0 Å². The number of thiophene rings is 1. The van der Waals surface area contributed by atoms with E-state index in [4.69, 9.17) is 4.74 Å². The fourth-order valence-corrected chi connectivity index (χ4v) is 4.64. The first-order chi connectivity index (χ1) is 9.57. The molecule has 1 fully saturated rings. The molecule has 1 aromatic rings. The largest absolute Gasteiger partial charge is 0.379 e. The Labute approximate surface area is 134 Å². The van der Waals surface area contributed by atoms with E-state index in [0.29, 0.717) is 6.04 Å². The fraction of sp³-hybridized carbons (Fsp3) is 0.733. The predicted molar refractivity (Wildman–Crippen MR) is 89.5 cm³/mol. The van der Waals surface area contributed by atoms with Crippen molar-refractivity contribution >= 4 is 27.3 Å². The second-order valence-corrected chi connectivity index (χ2v) is 7.58. The van der Waals surface area contributed by atoms with E-state index in [1.807, 2.05) is 11.3 Å². The van der Waals surface area contributed by atoms with Crippen LogP contribution in [-0.2, 0) is 4.74 Å². The Morgan fingerprint density at radius 3 is 2.70 bits per heavy atom. The molecule has 20 heavy (non-hydrogen) atoms. The molecular weight excluding hydrogens is 336 g/mol. The lowest BCUT2D eigenvalue weighted by Crippen LogP contribution is -2.56. The highest BCUT2D eigenvalue weighted by molar-refractivity contribution is 9.10. The maximum absolute atomic E-state index is 5.50. The van der Waals surface area contributed by atoms with Gasteiger partial charge in [-0.2, -0.15) is 0 Å². The summed E-state index contributed by atoms with van der Waals surface area (Å²) < 4.78 is 6.72. The first kappa shape index (κ1) is 16.4. The van der Waals surface area contributed by atoms with Gasteiger partial charge in [0, 0.05) is 28.0 Å². The van der Waals surface area contributed by atoms with Gasteiger partial charge in [0.2, 0.25) is 0 Å². The lowest BCUT2D eigenvalue weighted by Gasteiger charge is -2.46. The van der Waals surface area contributed by atoms with Crippen molar-refractivity contribution in [1.82, 2.24) is 10.2 Å².